The van der Waals surface area contributed by atoms with Gasteiger partial charge in [-0.3, -0.25) is 9.98 Å². The van der Waals surface area contributed by atoms with Gasteiger partial charge in [-0.15, -0.1) is 11.5 Å². The topological polar surface area (TPSA) is 94.5 Å². The monoisotopic (exact) mass is 629 g/mol. The van der Waals surface area contributed by atoms with Crippen LogP contribution in [-0.2, 0) is 26.4 Å². The summed E-state index contributed by atoms with van der Waals surface area (Å²) in [5.74, 6) is -0.163. The molecular formula is C37H41N8O2+3. The van der Waals surface area contributed by atoms with Gasteiger partial charge in [0.1, 0.15) is 33.0 Å². The van der Waals surface area contributed by atoms with Crippen molar-refractivity contribution in [3.8, 4) is 11.5 Å². The number of quaternary nitrogens is 2. The van der Waals surface area contributed by atoms with Gasteiger partial charge in [-0.05, 0) is 39.9 Å². The van der Waals surface area contributed by atoms with E-state index in [4.69, 9.17) is 9.98 Å². The van der Waals surface area contributed by atoms with E-state index in [2.05, 4.69) is 29.6 Å². The van der Waals surface area contributed by atoms with Crippen LogP contribution in [0.1, 0.15) is 27.8 Å². The molecule has 0 saturated heterocycles. The minimum Gasteiger partial charge on any atom is -0.872 e. The van der Waals surface area contributed by atoms with Crippen molar-refractivity contribution in [2.45, 2.75) is 19.4 Å². The lowest BCUT2D eigenvalue weighted by Crippen LogP contribution is -3.06. The van der Waals surface area contributed by atoms with Gasteiger partial charge in [0.15, 0.2) is 12.4 Å². The summed E-state index contributed by atoms with van der Waals surface area (Å²) in [5.41, 5.74) is 5.50. The van der Waals surface area contributed by atoms with Gasteiger partial charge in [0, 0.05) is 25.3 Å². The molecule has 0 spiro atoms. The number of nitrogens with one attached hydrogen (secondary N) is 2. The number of hydrogen-bond donors (Lipinski definition) is 2. The highest BCUT2D eigenvalue weighted by atomic mass is 16.3. The smallest absolute Gasteiger partial charge is 0.335 e. The maximum absolute atomic E-state index is 12.8. The predicted octanol–water partition coefficient (Wildman–Crippen LogP) is 0.175. The highest BCUT2D eigenvalue weighted by Gasteiger charge is 2.15. The van der Waals surface area contributed by atoms with Gasteiger partial charge >= 0.3 is 12.7 Å². The molecule has 3 aromatic carbocycles. The fraction of sp³-hybridized carbons (Fsp3) is 0.216. The third-order valence-corrected chi connectivity index (χ3v) is 8.25. The van der Waals surface area contributed by atoms with Crippen molar-refractivity contribution in [2.75, 3.05) is 27.2 Å². The first-order chi connectivity index (χ1) is 22.8. The van der Waals surface area contributed by atoms with E-state index in [1.807, 2.05) is 108 Å². The molecule has 2 unspecified atom stereocenters. The molecule has 0 saturated carbocycles. The molecule has 2 aliphatic rings. The molecule has 3 heterocycles. The Morgan fingerprint density at radius 1 is 0.702 bits per heavy atom. The average Bonchev–Trinajstić information content (AvgIpc) is 3.80. The molecule has 47 heavy (non-hydrogen) atoms. The molecule has 0 bridgehead atoms. The first-order valence-corrected chi connectivity index (χ1v) is 15.8. The SMILES string of the molecule is C[N+]1=C[NH+](CCc2ccc([O-])c(C=Nc3ccc(Cn4cc[n+](C)c4)cc3N=Cc3cc(CC[NH+]4C=C[N+](C)=C4)ccc3[O-])c2)C=C1. The zero-order valence-corrected chi connectivity index (χ0v) is 27.1. The lowest BCUT2D eigenvalue weighted by Gasteiger charge is -2.13. The van der Waals surface area contributed by atoms with Crippen molar-refractivity contribution in [2.24, 2.45) is 17.0 Å². The molecule has 2 N–H and O–H groups in total. The molecule has 238 valence electrons. The van der Waals surface area contributed by atoms with Crippen molar-refractivity contribution >= 4 is 36.5 Å². The van der Waals surface area contributed by atoms with E-state index >= 15 is 0 Å². The molecule has 2 aliphatic heterocycles. The molecule has 0 aliphatic carbocycles. The second kappa shape index (κ2) is 14.3. The Bertz CT molecular complexity index is 1950. The molecule has 0 fully saturated rings. The number of aryl methyl sites for hydroxylation is 1. The van der Waals surface area contributed by atoms with Gasteiger partial charge in [-0.2, -0.15) is 9.15 Å². The van der Waals surface area contributed by atoms with E-state index in [0.717, 1.165) is 42.6 Å². The summed E-state index contributed by atoms with van der Waals surface area (Å²) < 4.78 is 8.16. The van der Waals surface area contributed by atoms with Gasteiger partial charge in [0.2, 0.25) is 18.7 Å². The van der Waals surface area contributed by atoms with E-state index in [0.29, 0.717) is 29.0 Å². The standard InChI is InChI=1S/C37H39N8O2/c1-40-14-17-43(26-40)12-10-29-5-8-36(46)32(20-29)23-38-34-7-4-31(25-45-19-16-42(3)28-45)22-35(34)39-24-33-21-30(6-9-37(33)47)11-13-44-18-15-41(2)27-44/h4-9,14-24,26-28H,10-13,25H2,1-3H3/q+1/p+2. The second-order valence-electron chi connectivity index (χ2n) is 12.2. The minimum absolute atomic E-state index is 0.0809. The second-order valence-corrected chi connectivity index (χ2v) is 12.2. The van der Waals surface area contributed by atoms with Crippen molar-refractivity contribution in [1.82, 2.24) is 4.57 Å². The number of nitrogens with zero attached hydrogens (tertiary/aromatic N) is 6. The fourth-order valence-corrected chi connectivity index (χ4v) is 5.67. The van der Waals surface area contributed by atoms with Crippen molar-refractivity contribution < 1.29 is 33.7 Å². The van der Waals surface area contributed by atoms with Crippen molar-refractivity contribution in [3.05, 3.63) is 126 Å². The molecule has 4 aromatic rings. The van der Waals surface area contributed by atoms with Crippen LogP contribution >= 0.6 is 0 Å². The Balaban J connectivity index is 1.24. The largest absolute Gasteiger partial charge is 0.872 e. The molecule has 0 amide bonds. The summed E-state index contributed by atoms with van der Waals surface area (Å²) in [6, 6.07) is 16.8. The third kappa shape index (κ3) is 8.43. The van der Waals surface area contributed by atoms with Gasteiger partial charge in [0.05, 0.1) is 31.5 Å². The molecule has 10 heteroatoms. The number of imidazole rings is 1. The number of aliphatic imine (C=N–C) groups is 2. The minimum atomic E-state index is -0.0819. The Morgan fingerprint density at radius 2 is 1.26 bits per heavy atom. The molecule has 2 atom stereocenters. The van der Waals surface area contributed by atoms with Crippen LogP contribution in [0.3, 0.4) is 0 Å². The third-order valence-electron chi connectivity index (χ3n) is 8.25. The Labute approximate surface area is 275 Å². The molecule has 6 rings (SSSR count). The van der Waals surface area contributed by atoms with Gasteiger partial charge in [-0.1, -0.05) is 42.5 Å². The highest BCUT2D eigenvalue weighted by molar-refractivity contribution is 5.89. The van der Waals surface area contributed by atoms with Crippen LogP contribution < -0.4 is 24.6 Å². The summed E-state index contributed by atoms with van der Waals surface area (Å²) in [7, 11) is 6.01. The Kier molecular flexibility index (Phi) is 9.61. The maximum atomic E-state index is 12.8. The summed E-state index contributed by atoms with van der Waals surface area (Å²) >= 11 is 0. The quantitative estimate of drug-likeness (QED) is 0.173. The normalized spacial score (nSPS) is 17.3. The number of rotatable bonds is 12. The van der Waals surface area contributed by atoms with Crippen LogP contribution in [0.5, 0.6) is 11.5 Å². The first-order valence-electron chi connectivity index (χ1n) is 15.8. The maximum Gasteiger partial charge on any atom is 0.335 e. The van der Waals surface area contributed by atoms with E-state index in [9.17, 15) is 10.2 Å². The molecule has 1 aromatic heterocycles. The molecular weight excluding hydrogens is 588 g/mol. The predicted molar refractivity (Wildman–Crippen MR) is 179 cm³/mol. The van der Waals surface area contributed by atoms with E-state index in [1.165, 1.54) is 9.80 Å². The molecule has 0 radical (unpaired) electrons. The average molecular weight is 630 g/mol. The van der Waals surface area contributed by atoms with Gasteiger partial charge < -0.3 is 10.2 Å². The zero-order chi connectivity index (χ0) is 32.8. The van der Waals surface area contributed by atoms with Crippen LogP contribution in [0, 0.1) is 0 Å². The van der Waals surface area contributed by atoms with Crippen LogP contribution in [-0.4, -0.2) is 66.0 Å². The zero-order valence-electron chi connectivity index (χ0n) is 27.1. The van der Waals surface area contributed by atoms with Crippen LogP contribution in [0.25, 0.3) is 0 Å². The number of hydrogen-bond acceptors (Lipinski definition) is 4. The number of benzene rings is 3. The van der Waals surface area contributed by atoms with Crippen LogP contribution in [0.2, 0.25) is 0 Å². The summed E-state index contributed by atoms with van der Waals surface area (Å²) in [4.78, 5) is 12.0. The summed E-state index contributed by atoms with van der Waals surface area (Å²) in [5, 5.41) is 25.6. The first kappa shape index (κ1) is 31.5. The summed E-state index contributed by atoms with van der Waals surface area (Å²) in [6.45, 7) is 2.44. The van der Waals surface area contributed by atoms with Gasteiger partial charge in [0.25, 0.3) is 0 Å². The highest BCUT2D eigenvalue weighted by Crippen LogP contribution is 2.30. The van der Waals surface area contributed by atoms with Gasteiger partial charge in [-0.25, -0.2) is 18.9 Å². The fourth-order valence-electron chi connectivity index (χ4n) is 5.67. The Morgan fingerprint density at radius 3 is 1.77 bits per heavy atom. The lowest BCUT2D eigenvalue weighted by atomic mass is 10.1. The van der Waals surface area contributed by atoms with Crippen molar-refractivity contribution in [1.29, 1.82) is 0 Å². The van der Waals surface area contributed by atoms with E-state index in [-0.39, 0.29) is 11.5 Å². The van der Waals surface area contributed by atoms with Crippen molar-refractivity contribution in [3.63, 3.8) is 0 Å². The summed E-state index contributed by atoms with van der Waals surface area (Å²) in [6.07, 6.45) is 23.5. The van der Waals surface area contributed by atoms with Crippen LogP contribution in [0.4, 0.5) is 11.4 Å². The van der Waals surface area contributed by atoms with E-state index < -0.39 is 0 Å². The Hall–Kier alpha value is -5.45. The van der Waals surface area contributed by atoms with Crippen LogP contribution in [0.15, 0.2) is 108 Å². The van der Waals surface area contributed by atoms with E-state index in [1.54, 1.807) is 24.6 Å². The number of aromatic nitrogens is 2. The lowest BCUT2D eigenvalue weighted by molar-refractivity contribution is -0.748. The molecule has 10 nitrogen and oxygen atoms in total.